The van der Waals surface area contributed by atoms with Gasteiger partial charge in [0.25, 0.3) is 0 Å². The Bertz CT molecular complexity index is 605. The Kier molecular flexibility index (Phi) is 6.88. The van der Waals surface area contributed by atoms with E-state index in [-0.39, 0.29) is 12.4 Å². The molecule has 0 saturated carbocycles. The van der Waals surface area contributed by atoms with Gasteiger partial charge in [-0.05, 0) is 81.2 Å². The number of fused-ring (bicyclic) bond motifs is 1. The Morgan fingerprint density at radius 1 is 1.09 bits per heavy atom. The number of halogens is 1. The number of benzene rings is 2. The molecule has 1 heterocycles. The van der Waals surface area contributed by atoms with Crippen LogP contribution in [0.15, 0.2) is 42.5 Å². The molecule has 0 bridgehead atoms. The average molecular weight is 333 g/mol. The van der Waals surface area contributed by atoms with Crippen LogP contribution in [0.5, 0.6) is 0 Å². The number of likely N-dealkylation sites (tertiary alicyclic amines) is 1. The van der Waals surface area contributed by atoms with Crippen molar-refractivity contribution >= 4 is 23.2 Å². The van der Waals surface area contributed by atoms with Gasteiger partial charge in [-0.1, -0.05) is 36.4 Å². The van der Waals surface area contributed by atoms with Crippen LogP contribution < -0.4 is 5.32 Å². The first-order valence-electron chi connectivity index (χ1n) is 8.65. The Balaban J connectivity index is 0.00000192. The third kappa shape index (κ3) is 4.47. The highest BCUT2D eigenvalue weighted by atomic mass is 35.5. The second-order valence-electron chi connectivity index (χ2n) is 6.65. The Hall–Kier alpha value is -1.09. The van der Waals surface area contributed by atoms with E-state index in [1.165, 1.54) is 48.7 Å². The molecule has 1 aliphatic rings. The normalized spacial score (nSPS) is 17.8. The van der Waals surface area contributed by atoms with Crippen LogP contribution in [0, 0.1) is 5.92 Å². The van der Waals surface area contributed by atoms with Gasteiger partial charge in [0.05, 0.1) is 0 Å². The average Bonchev–Trinajstić information content (AvgIpc) is 2.59. The van der Waals surface area contributed by atoms with Gasteiger partial charge in [0.15, 0.2) is 0 Å². The summed E-state index contributed by atoms with van der Waals surface area (Å²) < 4.78 is 0. The fourth-order valence-electron chi connectivity index (χ4n) is 3.66. The molecule has 0 spiro atoms. The molecule has 1 aliphatic heterocycles. The van der Waals surface area contributed by atoms with Gasteiger partial charge in [0.2, 0.25) is 0 Å². The molecule has 1 saturated heterocycles. The summed E-state index contributed by atoms with van der Waals surface area (Å²) in [6.07, 6.45) is 4.02. The molecule has 1 unspecified atom stereocenters. The van der Waals surface area contributed by atoms with Crippen molar-refractivity contribution < 1.29 is 0 Å². The summed E-state index contributed by atoms with van der Waals surface area (Å²) in [6.45, 7) is 5.99. The predicted molar refractivity (Wildman–Crippen MR) is 102 cm³/mol. The summed E-state index contributed by atoms with van der Waals surface area (Å²) in [5.74, 6) is 0.910. The second kappa shape index (κ2) is 8.68. The van der Waals surface area contributed by atoms with Crippen LogP contribution in [0.25, 0.3) is 10.8 Å². The molecule has 2 nitrogen and oxygen atoms in total. The van der Waals surface area contributed by atoms with Gasteiger partial charge < -0.3 is 5.32 Å². The number of piperidine rings is 1. The van der Waals surface area contributed by atoms with E-state index in [2.05, 4.69) is 66.7 Å². The van der Waals surface area contributed by atoms with E-state index < -0.39 is 0 Å². The highest BCUT2D eigenvalue weighted by Crippen LogP contribution is 2.29. The molecule has 2 aromatic rings. The molecule has 2 aromatic carbocycles. The maximum atomic E-state index is 3.28. The van der Waals surface area contributed by atoms with Crippen molar-refractivity contribution in [2.24, 2.45) is 5.92 Å². The van der Waals surface area contributed by atoms with E-state index in [1.54, 1.807) is 0 Å². The maximum absolute atomic E-state index is 3.28. The van der Waals surface area contributed by atoms with Crippen molar-refractivity contribution in [3.05, 3.63) is 48.0 Å². The summed E-state index contributed by atoms with van der Waals surface area (Å²) in [6, 6.07) is 16.1. The number of nitrogens with zero attached hydrogens (tertiary/aromatic N) is 1. The molecule has 0 aliphatic carbocycles. The van der Waals surface area contributed by atoms with Gasteiger partial charge in [-0.25, -0.2) is 0 Å². The van der Waals surface area contributed by atoms with Crippen molar-refractivity contribution in [2.75, 3.05) is 26.7 Å². The molecular formula is C20H29ClN2. The molecule has 0 amide bonds. The first kappa shape index (κ1) is 18.3. The van der Waals surface area contributed by atoms with Crippen LogP contribution >= 0.6 is 12.4 Å². The van der Waals surface area contributed by atoms with E-state index in [4.69, 9.17) is 0 Å². The highest BCUT2D eigenvalue weighted by Gasteiger charge is 2.23. The lowest BCUT2D eigenvalue weighted by atomic mass is 9.91. The van der Waals surface area contributed by atoms with Gasteiger partial charge in [-0.15, -0.1) is 12.4 Å². The lowest BCUT2D eigenvalue weighted by Gasteiger charge is -2.36. The third-order valence-corrected chi connectivity index (χ3v) is 5.26. The molecule has 23 heavy (non-hydrogen) atoms. The van der Waals surface area contributed by atoms with Gasteiger partial charge in [-0.2, -0.15) is 0 Å². The van der Waals surface area contributed by atoms with E-state index in [9.17, 15) is 0 Å². The first-order valence-corrected chi connectivity index (χ1v) is 8.65. The van der Waals surface area contributed by atoms with E-state index in [1.807, 2.05) is 0 Å². The maximum Gasteiger partial charge on any atom is 0.0320 e. The van der Waals surface area contributed by atoms with Crippen LogP contribution in [0.1, 0.15) is 37.8 Å². The van der Waals surface area contributed by atoms with Crippen molar-refractivity contribution in [3.8, 4) is 0 Å². The Morgan fingerprint density at radius 3 is 2.48 bits per heavy atom. The lowest BCUT2D eigenvalue weighted by Crippen LogP contribution is -2.36. The Labute approximate surface area is 146 Å². The lowest BCUT2D eigenvalue weighted by molar-refractivity contribution is 0.137. The van der Waals surface area contributed by atoms with E-state index in [0.717, 1.165) is 12.5 Å². The van der Waals surface area contributed by atoms with Crippen LogP contribution in [0.2, 0.25) is 0 Å². The third-order valence-electron chi connectivity index (χ3n) is 5.26. The Morgan fingerprint density at radius 2 is 1.78 bits per heavy atom. The minimum absolute atomic E-state index is 0. The van der Waals surface area contributed by atoms with E-state index in [0.29, 0.717) is 6.04 Å². The molecule has 126 valence electrons. The summed E-state index contributed by atoms with van der Waals surface area (Å²) in [4.78, 5) is 2.65. The van der Waals surface area contributed by atoms with Crippen LogP contribution in [0.4, 0.5) is 0 Å². The van der Waals surface area contributed by atoms with Crippen molar-refractivity contribution in [3.63, 3.8) is 0 Å². The molecular weight excluding hydrogens is 304 g/mol. The monoisotopic (exact) mass is 332 g/mol. The fraction of sp³-hybridized carbons (Fsp3) is 0.500. The van der Waals surface area contributed by atoms with Gasteiger partial charge >= 0.3 is 0 Å². The van der Waals surface area contributed by atoms with Crippen molar-refractivity contribution in [1.29, 1.82) is 0 Å². The molecule has 1 fully saturated rings. The SMILES string of the molecule is CNCCC1CCN(C(C)c2ccc3ccccc3c2)CC1.Cl. The highest BCUT2D eigenvalue weighted by molar-refractivity contribution is 5.85. The summed E-state index contributed by atoms with van der Waals surface area (Å²) in [5.41, 5.74) is 1.45. The molecule has 1 atom stereocenters. The zero-order chi connectivity index (χ0) is 15.4. The van der Waals surface area contributed by atoms with Crippen LogP contribution in [-0.2, 0) is 0 Å². The standard InChI is InChI=1S/C20H28N2.ClH/c1-16(22-13-10-17(11-14-22)9-12-21-2)19-8-7-18-5-3-4-6-20(18)15-19;/h3-8,15-17,21H,9-14H2,1-2H3;1H. The van der Waals surface area contributed by atoms with E-state index >= 15 is 0 Å². The molecule has 1 N–H and O–H groups in total. The summed E-state index contributed by atoms with van der Waals surface area (Å²) in [7, 11) is 2.05. The topological polar surface area (TPSA) is 15.3 Å². The van der Waals surface area contributed by atoms with Crippen molar-refractivity contribution in [2.45, 2.75) is 32.2 Å². The zero-order valence-corrected chi connectivity index (χ0v) is 15.1. The van der Waals surface area contributed by atoms with Crippen molar-refractivity contribution in [1.82, 2.24) is 10.2 Å². The number of nitrogens with one attached hydrogen (secondary N) is 1. The predicted octanol–water partition coefficient (Wildman–Crippen LogP) is 4.64. The first-order chi connectivity index (χ1) is 10.8. The minimum atomic E-state index is 0. The van der Waals surface area contributed by atoms with Gasteiger partial charge in [-0.3, -0.25) is 4.90 Å². The summed E-state index contributed by atoms with van der Waals surface area (Å²) in [5, 5.41) is 5.97. The van der Waals surface area contributed by atoms with Gasteiger partial charge in [0.1, 0.15) is 0 Å². The number of hydrogen-bond donors (Lipinski definition) is 1. The zero-order valence-electron chi connectivity index (χ0n) is 14.3. The largest absolute Gasteiger partial charge is 0.320 e. The molecule has 0 aromatic heterocycles. The summed E-state index contributed by atoms with van der Waals surface area (Å²) >= 11 is 0. The number of rotatable bonds is 5. The molecule has 0 radical (unpaired) electrons. The quantitative estimate of drug-likeness (QED) is 0.857. The number of hydrogen-bond acceptors (Lipinski definition) is 2. The second-order valence-corrected chi connectivity index (χ2v) is 6.65. The molecule has 3 rings (SSSR count). The smallest absolute Gasteiger partial charge is 0.0320 e. The molecule has 3 heteroatoms. The van der Waals surface area contributed by atoms with Gasteiger partial charge in [0, 0.05) is 6.04 Å². The minimum Gasteiger partial charge on any atom is -0.320 e. The fourth-order valence-corrected chi connectivity index (χ4v) is 3.66. The van der Waals surface area contributed by atoms with Crippen LogP contribution in [0.3, 0.4) is 0 Å². The van der Waals surface area contributed by atoms with Crippen LogP contribution in [-0.4, -0.2) is 31.6 Å².